The number of anilines is 1. The number of fused-ring (bicyclic) bond motifs is 1. The van der Waals surface area contributed by atoms with Crippen molar-refractivity contribution in [1.82, 2.24) is 19.5 Å². The van der Waals surface area contributed by atoms with Gasteiger partial charge >= 0.3 is 0 Å². The molecule has 0 saturated heterocycles. The van der Waals surface area contributed by atoms with Crippen molar-refractivity contribution in [3.05, 3.63) is 12.7 Å². The molecule has 2 aromatic rings. The zero-order valence-electron chi connectivity index (χ0n) is 11.9. The van der Waals surface area contributed by atoms with Crippen LogP contribution >= 0.6 is 0 Å². The molecule has 4 rings (SSSR count). The highest BCUT2D eigenvalue weighted by molar-refractivity contribution is 5.83. The number of aromatic nitrogens is 4. The van der Waals surface area contributed by atoms with Crippen LogP contribution in [0.5, 0.6) is 0 Å². The van der Waals surface area contributed by atoms with Gasteiger partial charge in [-0.2, -0.15) is 0 Å². The molecule has 2 aliphatic carbocycles. The number of aliphatic hydroxyl groups excluding tert-OH is 1. The molecule has 0 unspecified atom stereocenters. The van der Waals surface area contributed by atoms with Crippen LogP contribution in [0.4, 0.5) is 14.6 Å². The van der Waals surface area contributed by atoms with Crippen LogP contribution in [0.2, 0.25) is 0 Å². The lowest BCUT2D eigenvalue weighted by atomic mass is 9.89. The first kappa shape index (κ1) is 13.8. The van der Waals surface area contributed by atoms with Crippen molar-refractivity contribution in [2.24, 2.45) is 0 Å². The fourth-order valence-electron chi connectivity index (χ4n) is 3.06. The summed E-state index contributed by atoms with van der Waals surface area (Å²) in [6, 6.07) is -0.301. The second-order valence-electron chi connectivity index (χ2n) is 6.13. The molecule has 118 valence electrons. The number of hydrogen-bond acceptors (Lipinski definition) is 5. The van der Waals surface area contributed by atoms with E-state index in [9.17, 15) is 13.9 Å². The van der Waals surface area contributed by atoms with Gasteiger partial charge in [0, 0.05) is 12.5 Å². The van der Waals surface area contributed by atoms with Gasteiger partial charge in [0.25, 0.3) is 5.92 Å². The summed E-state index contributed by atoms with van der Waals surface area (Å²) in [5.74, 6) is -2.65. The fourth-order valence-corrected chi connectivity index (χ4v) is 3.06. The molecule has 8 heteroatoms. The number of nitrogens with zero attached hydrogens (tertiary/aromatic N) is 4. The average Bonchev–Trinajstić information content (AvgIpc) is 3.23. The second-order valence-corrected chi connectivity index (χ2v) is 6.13. The molecule has 2 saturated carbocycles. The zero-order chi connectivity index (χ0) is 15.3. The van der Waals surface area contributed by atoms with Crippen molar-refractivity contribution in [3.8, 4) is 0 Å². The van der Waals surface area contributed by atoms with Crippen molar-refractivity contribution in [1.29, 1.82) is 0 Å². The Balaban J connectivity index is 1.64. The molecule has 0 aromatic carbocycles. The average molecular weight is 309 g/mol. The summed E-state index contributed by atoms with van der Waals surface area (Å²) >= 11 is 0. The Morgan fingerprint density at radius 3 is 2.82 bits per heavy atom. The maximum absolute atomic E-state index is 13.6. The number of imidazole rings is 1. The van der Waals surface area contributed by atoms with Gasteiger partial charge in [0.05, 0.1) is 12.4 Å². The van der Waals surface area contributed by atoms with E-state index in [2.05, 4.69) is 20.3 Å². The third-order valence-electron chi connectivity index (χ3n) is 4.46. The Morgan fingerprint density at radius 2 is 2.05 bits per heavy atom. The summed E-state index contributed by atoms with van der Waals surface area (Å²) < 4.78 is 29.3. The number of halogens is 2. The van der Waals surface area contributed by atoms with Crippen LogP contribution in [-0.4, -0.2) is 42.7 Å². The normalized spacial score (nSPS) is 28.0. The fraction of sp³-hybridized carbons (Fsp3) is 0.643. The topological polar surface area (TPSA) is 75.9 Å². The van der Waals surface area contributed by atoms with E-state index < -0.39 is 18.1 Å². The van der Waals surface area contributed by atoms with Gasteiger partial charge in [-0.05, 0) is 25.7 Å². The number of aliphatic hydroxyl groups is 1. The Kier molecular flexibility index (Phi) is 3.04. The van der Waals surface area contributed by atoms with Gasteiger partial charge in [-0.25, -0.2) is 23.7 Å². The van der Waals surface area contributed by atoms with Gasteiger partial charge in [0.15, 0.2) is 11.5 Å². The Labute approximate surface area is 125 Å². The molecule has 0 spiro atoms. The predicted octanol–water partition coefficient (Wildman–Crippen LogP) is 2.12. The number of nitrogens with one attached hydrogen (secondary N) is 1. The van der Waals surface area contributed by atoms with Gasteiger partial charge in [-0.15, -0.1) is 0 Å². The minimum absolute atomic E-state index is 0.276. The first-order valence-electron chi connectivity index (χ1n) is 7.56. The molecule has 22 heavy (non-hydrogen) atoms. The lowest BCUT2D eigenvalue weighted by Crippen LogP contribution is -2.49. The largest absolute Gasteiger partial charge is 0.385 e. The Morgan fingerprint density at radius 1 is 1.23 bits per heavy atom. The molecule has 0 aliphatic heterocycles. The van der Waals surface area contributed by atoms with Crippen LogP contribution in [0.1, 0.15) is 38.1 Å². The van der Waals surface area contributed by atoms with E-state index in [1.807, 2.05) is 4.57 Å². The monoisotopic (exact) mass is 309 g/mol. The number of hydrogen-bond donors (Lipinski definition) is 2. The van der Waals surface area contributed by atoms with Gasteiger partial charge in [-0.3, -0.25) is 0 Å². The van der Waals surface area contributed by atoms with E-state index in [-0.39, 0.29) is 6.42 Å². The minimum atomic E-state index is -3.06. The summed E-state index contributed by atoms with van der Waals surface area (Å²) in [5, 5.41) is 12.8. The standard InChI is InChI=1S/C14H17F2N5O/c15-14(16)5-1-2-9(11(14)22)20-12-10-13(18-6-17-12)21(7-19-10)8-3-4-8/h6-9,11,22H,1-5H2,(H,17,18,20)/t9-,11+/m1/s1. The highest BCUT2D eigenvalue weighted by Gasteiger charge is 2.46. The molecule has 2 atom stereocenters. The van der Waals surface area contributed by atoms with Crippen LogP contribution in [0.15, 0.2) is 12.7 Å². The third kappa shape index (κ3) is 2.22. The van der Waals surface area contributed by atoms with Crippen LogP contribution in [-0.2, 0) is 0 Å². The Hall–Kier alpha value is -1.83. The van der Waals surface area contributed by atoms with Crippen molar-refractivity contribution < 1.29 is 13.9 Å². The summed E-state index contributed by atoms with van der Waals surface area (Å²) in [4.78, 5) is 12.7. The van der Waals surface area contributed by atoms with Crippen molar-refractivity contribution in [3.63, 3.8) is 0 Å². The minimum Gasteiger partial charge on any atom is -0.385 e. The molecule has 0 radical (unpaired) electrons. The number of rotatable bonds is 3. The molecule has 0 amide bonds. The SMILES string of the molecule is O[C@H]1[C@H](Nc2ncnc3c2ncn3C2CC2)CCCC1(F)F. The molecule has 2 N–H and O–H groups in total. The summed E-state index contributed by atoms with van der Waals surface area (Å²) in [7, 11) is 0. The van der Waals surface area contributed by atoms with E-state index in [4.69, 9.17) is 0 Å². The first-order chi connectivity index (χ1) is 10.6. The van der Waals surface area contributed by atoms with E-state index in [0.717, 1.165) is 12.8 Å². The smallest absolute Gasteiger partial charge is 0.275 e. The van der Waals surface area contributed by atoms with Crippen LogP contribution in [0.25, 0.3) is 11.2 Å². The molecule has 2 heterocycles. The lowest BCUT2D eigenvalue weighted by Gasteiger charge is -2.35. The molecule has 6 nitrogen and oxygen atoms in total. The zero-order valence-corrected chi connectivity index (χ0v) is 11.9. The van der Waals surface area contributed by atoms with Crippen LogP contribution in [0.3, 0.4) is 0 Å². The van der Waals surface area contributed by atoms with Crippen LogP contribution < -0.4 is 5.32 Å². The molecule has 2 aromatic heterocycles. The highest BCUT2D eigenvalue weighted by atomic mass is 19.3. The molecule has 0 bridgehead atoms. The summed E-state index contributed by atoms with van der Waals surface area (Å²) in [5.41, 5.74) is 1.27. The first-order valence-corrected chi connectivity index (χ1v) is 7.56. The van der Waals surface area contributed by atoms with Gasteiger partial charge in [0.1, 0.15) is 17.9 Å². The van der Waals surface area contributed by atoms with E-state index in [1.165, 1.54) is 6.33 Å². The summed E-state index contributed by atoms with van der Waals surface area (Å²) in [6.07, 6.45) is 4.18. The molecular weight excluding hydrogens is 292 g/mol. The van der Waals surface area contributed by atoms with Crippen LogP contribution in [0, 0.1) is 0 Å². The third-order valence-corrected chi connectivity index (χ3v) is 4.46. The summed E-state index contributed by atoms with van der Waals surface area (Å²) in [6.45, 7) is 0. The highest BCUT2D eigenvalue weighted by Crippen LogP contribution is 2.38. The lowest BCUT2D eigenvalue weighted by molar-refractivity contribution is -0.135. The molecule has 2 aliphatic rings. The quantitative estimate of drug-likeness (QED) is 0.908. The van der Waals surface area contributed by atoms with Crippen molar-refractivity contribution in [2.75, 3.05) is 5.32 Å². The molecular formula is C14H17F2N5O. The van der Waals surface area contributed by atoms with E-state index in [1.54, 1.807) is 6.33 Å². The maximum Gasteiger partial charge on any atom is 0.275 e. The van der Waals surface area contributed by atoms with Gasteiger partial charge in [-0.1, -0.05) is 0 Å². The van der Waals surface area contributed by atoms with E-state index in [0.29, 0.717) is 35.9 Å². The Bertz CT molecular complexity index is 700. The van der Waals surface area contributed by atoms with Crippen molar-refractivity contribution >= 4 is 17.0 Å². The van der Waals surface area contributed by atoms with Gasteiger partial charge < -0.3 is 15.0 Å². The maximum atomic E-state index is 13.6. The molecule has 2 fully saturated rings. The predicted molar refractivity (Wildman–Crippen MR) is 75.8 cm³/mol. The number of alkyl halides is 2. The van der Waals surface area contributed by atoms with Crippen molar-refractivity contribution in [2.45, 2.75) is 56.2 Å². The second kappa shape index (κ2) is 4.84. The van der Waals surface area contributed by atoms with E-state index >= 15 is 0 Å². The van der Waals surface area contributed by atoms with Gasteiger partial charge in [0.2, 0.25) is 0 Å².